The van der Waals surface area contributed by atoms with Crippen LogP contribution < -0.4 is 0 Å². The lowest BCUT2D eigenvalue weighted by Gasteiger charge is -2.12. The predicted molar refractivity (Wildman–Crippen MR) is 54.4 cm³/mol. The largest absolute Gasteiger partial charge is 0.379 e. The van der Waals surface area contributed by atoms with Crippen molar-refractivity contribution in [3.63, 3.8) is 0 Å². The van der Waals surface area contributed by atoms with Crippen LogP contribution in [0.3, 0.4) is 0 Å². The van der Waals surface area contributed by atoms with Crippen molar-refractivity contribution in [1.29, 1.82) is 0 Å². The van der Waals surface area contributed by atoms with E-state index in [0.29, 0.717) is 24.6 Å². The number of ether oxygens (including phenoxy) is 3. The molecule has 1 rings (SSSR count). The zero-order valence-electron chi connectivity index (χ0n) is 8.00. The maximum absolute atomic E-state index is 5.56. The highest BCUT2D eigenvalue weighted by Gasteiger charge is 2.26. The molecule has 0 aromatic rings. The van der Waals surface area contributed by atoms with Crippen molar-refractivity contribution in [2.75, 3.05) is 33.0 Å². The van der Waals surface area contributed by atoms with Gasteiger partial charge in [0.2, 0.25) is 0 Å². The van der Waals surface area contributed by atoms with Gasteiger partial charge in [-0.2, -0.15) is 0 Å². The maximum atomic E-state index is 5.56. The topological polar surface area (TPSA) is 27.7 Å². The van der Waals surface area contributed by atoms with Crippen LogP contribution in [0.1, 0.15) is 13.3 Å². The zero-order valence-corrected chi connectivity index (χ0v) is 9.59. The molecule has 13 heavy (non-hydrogen) atoms. The minimum atomic E-state index is 0.199. The predicted octanol–water partition coefficient (Wildman–Crippen LogP) is 1.59. The lowest BCUT2D eigenvalue weighted by atomic mass is 10.3. The number of rotatable bonds is 6. The summed E-state index contributed by atoms with van der Waals surface area (Å²) in [5.74, 6) is 0. The normalized spacial score (nSPS) is 28.2. The summed E-state index contributed by atoms with van der Waals surface area (Å²) in [7, 11) is 0. The highest BCUT2D eigenvalue weighted by atomic mass is 79.9. The molecule has 0 amide bonds. The fourth-order valence-electron chi connectivity index (χ4n) is 1.17. The van der Waals surface area contributed by atoms with E-state index in [2.05, 4.69) is 22.9 Å². The first-order valence-electron chi connectivity index (χ1n) is 4.75. The van der Waals surface area contributed by atoms with E-state index in [4.69, 9.17) is 14.2 Å². The molecule has 4 heteroatoms. The summed E-state index contributed by atoms with van der Waals surface area (Å²) in [6.07, 6.45) is 1.26. The van der Waals surface area contributed by atoms with E-state index in [1.165, 1.54) is 0 Å². The van der Waals surface area contributed by atoms with Crippen LogP contribution >= 0.6 is 15.9 Å². The van der Waals surface area contributed by atoms with Crippen molar-refractivity contribution in [1.82, 2.24) is 0 Å². The van der Waals surface area contributed by atoms with Crippen molar-refractivity contribution >= 4 is 15.9 Å². The number of halogens is 1. The summed E-state index contributed by atoms with van der Waals surface area (Å²) in [5, 5.41) is 0. The molecule has 78 valence electrons. The fraction of sp³-hybridized carbons (Fsp3) is 1.00. The monoisotopic (exact) mass is 252 g/mol. The smallest absolute Gasteiger partial charge is 0.0956 e. The second-order valence-corrected chi connectivity index (χ2v) is 4.25. The lowest BCUT2D eigenvalue weighted by molar-refractivity contribution is 0.00292. The van der Waals surface area contributed by atoms with Gasteiger partial charge in [0, 0.05) is 6.61 Å². The Bertz CT molecular complexity index is 132. The van der Waals surface area contributed by atoms with Crippen molar-refractivity contribution in [2.24, 2.45) is 0 Å². The Balaban J connectivity index is 1.93. The summed E-state index contributed by atoms with van der Waals surface area (Å²) in [6.45, 7) is 5.72. The van der Waals surface area contributed by atoms with Gasteiger partial charge in [0.05, 0.1) is 37.4 Å². The van der Waals surface area contributed by atoms with Crippen LogP contribution in [-0.2, 0) is 14.2 Å². The molecule has 2 unspecified atom stereocenters. The Hall–Kier alpha value is 0.360. The molecule has 1 heterocycles. The standard InChI is InChI=1S/C9H17BrO3/c1-2-3-11-4-5-13-9-7-12-6-8(9)10/h8-9H,2-7H2,1H3. The second-order valence-electron chi connectivity index (χ2n) is 3.08. The van der Waals surface area contributed by atoms with E-state index in [0.717, 1.165) is 19.6 Å². The summed E-state index contributed by atoms with van der Waals surface area (Å²) >= 11 is 3.50. The molecular formula is C9H17BrO3. The Labute approximate surface area is 87.9 Å². The molecule has 0 saturated carbocycles. The quantitative estimate of drug-likeness (QED) is 0.531. The molecular weight excluding hydrogens is 236 g/mol. The molecule has 1 aliphatic rings. The molecule has 0 aliphatic carbocycles. The van der Waals surface area contributed by atoms with Crippen LogP contribution in [0.15, 0.2) is 0 Å². The van der Waals surface area contributed by atoms with Crippen LogP contribution in [-0.4, -0.2) is 44.0 Å². The molecule has 0 aromatic heterocycles. The van der Waals surface area contributed by atoms with Crippen LogP contribution in [0.2, 0.25) is 0 Å². The van der Waals surface area contributed by atoms with Gasteiger partial charge >= 0.3 is 0 Å². The molecule has 0 bridgehead atoms. The minimum Gasteiger partial charge on any atom is -0.379 e. The van der Waals surface area contributed by atoms with Gasteiger partial charge < -0.3 is 14.2 Å². The summed E-state index contributed by atoms with van der Waals surface area (Å²) < 4.78 is 16.1. The minimum absolute atomic E-state index is 0.199. The Morgan fingerprint density at radius 1 is 1.31 bits per heavy atom. The SMILES string of the molecule is CCCOCCOC1COCC1Br. The second kappa shape index (κ2) is 6.76. The van der Waals surface area contributed by atoms with E-state index in [1.807, 2.05) is 0 Å². The van der Waals surface area contributed by atoms with Gasteiger partial charge in [-0.3, -0.25) is 0 Å². The van der Waals surface area contributed by atoms with Crippen LogP contribution in [0.25, 0.3) is 0 Å². The maximum Gasteiger partial charge on any atom is 0.0956 e. The molecule has 3 nitrogen and oxygen atoms in total. The number of alkyl halides is 1. The number of hydrogen-bond donors (Lipinski definition) is 0. The lowest BCUT2D eigenvalue weighted by Crippen LogP contribution is -2.24. The van der Waals surface area contributed by atoms with E-state index in [9.17, 15) is 0 Å². The molecule has 0 aromatic carbocycles. The van der Waals surface area contributed by atoms with Gasteiger partial charge in [0.15, 0.2) is 0 Å². The first kappa shape index (κ1) is 11.4. The Morgan fingerprint density at radius 2 is 2.15 bits per heavy atom. The third-order valence-corrected chi connectivity index (χ3v) is 2.72. The zero-order chi connectivity index (χ0) is 9.52. The van der Waals surface area contributed by atoms with Crippen molar-refractivity contribution in [3.8, 4) is 0 Å². The summed E-state index contributed by atoms with van der Waals surface area (Å²) in [5.41, 5.74) is 0. The summed E-state index contributed by atoms with van der Waals surface area (Å²) in [4.78, 5) is 0.346. The Kier molecular flexibility index (Phi) is 5.95. The van der Waals surface area contributed by atoms with E-state index in [-0.39, 0.29) is 6.10 Å². The number of hydrogen-bond acceptors (Lipinski definition) is 3. The molecule has 2 atom stereocenters. The first-order chi connectivity index (χ1) is 6.34. The van der Waals surface area contributed by atoms with Gasteiger partial charge in [-0.1, -0.05) is 22.9 Å². The molecule has 0 spiro atoms. The molecule has 1 fully saturated rings. The van der Waals surface area contributed by atoms with Gasteiger partial charge in [-0.15, -0.1) is 0 Å². The average molecular weight is 253 g/mol. The molecule has 0 radical (unpaired) electrons. The highest BCUT2D eigenvalue weighted by Crippen LogP contribution is 2.17. The van der Waals surface area contributed by atoms with E-state index < -0.39 is 0 Å². The first-order valence-corrected chi connectivity index (χ1v) is 5.67. The Morgan fingerprint density at radius 3 is 2.77 bits per heavy atom. The van der Waals surface area contributed by atoms with Crippen LogP contribution in [0.4, 0.5) is 0 Å². The van der Waals surface area contributed by atoms with Crippen LogP contribution in [0.5, 0.6) is 0 Å². The summed E-state index contributed by atoms with van der Waals surface area (Å²) in [6, 6.07) is 0. The third-order valence-electron chi connectivity index (χ3n) is 1.87. The van der Waals surface area contributed by atoms with Gasteiger partial charge in [0.1, 0.15) is 0 Å². The molecule has 0 N–H and O–H groups in total. The third kappa shape index (κ3) is 4.40. The van der Waals surface area contributed by atoms with Crippen molar-refractivity contribution in [3.05, 3.63) is 0 Å². The van der Waals surface area contributed by atoms with Crippen LogP contribution in [0, 0.1) is 0 Å². The average Bonchev–Trinajstić information content (AvgIpc) is 2.52. The van der Waals surface area contributed by atoms with Crippen molar-refractivity contribution in [2.45, 2.75) is 24.3 Å². The molecule has 1 aliphatic heterocycles. The van der Waals surface area contributed by atoms with Gasteiger partial charge in [-0.05, 0) is 6.42 Å². The fourth-order valence-corrected chi connectivity index (χ4v) is 1.66. The van der Waals surface area contributed by atoms with E-state index >= 15 is 0 Å². The van der Waals surface area contributed by atoms with Crippen molar-refractivity contribution < 1.29 is 14.2 Å². The highest BCUT2D eigenvalue weighted by molar-refractivity contribution is 9.09. The van der Waals surface area contributed by atoms with Gasteiger partial charge in [0.25, 0.3) is 0 Å². The molecule has 1 saturated heterocycles. The van der Waals surface area contributed by atoms with Gasteiger partial charge in [-0.25, -0.2) is 0 Å². The van der Waals surface area contributed by atoms with E-state index in [1.54, 1.807) is 0 Å².